The van der Waals surface area contributed by atoms with Crippen LogP contribution in [0.4, 0.5) is 0 Å². The second-order valence-electron chi connectivity index (χ2n) is 4.26. The molecule has 0 radical (unpaired) electrons. The largest absolute Gasteiger partial charge is 0.349 e. The van der Waals surface area contributed by atoms with Crippen molar-refractivity contribution in [3.8, 4) is 0 Å². The number of aldehydes is 1. The molecule has 0 saturated carbocycles. The Hall–Kier alpha value is -0.670. The van der Waals surface area contributed by atoms with E-state index < -0.39 is 0 Å². The number of carbonyl (C=O) groups excluding carboxylic acids is 1. The molecule has 0 aliphatic carbocycles. The first-order valence-corrected chi connectivity index (χ1v) is 6.15. The molecular formula is C13H22O3. The van der Waals surface area contributed by atoms with Gasteiger partial charge in [0.25, 0.3) is 0 Å². The quantitative estimate of drug-likeness (QED) is 0.494. The number of hydrogen-bond acceptors (Lipinski definition) is 3. The molecule has 3 nitrogen and oxygen atoms in total. The molecule has 0 unspecified atom stereocenters. The summed E-state index contributed by atoms with van der Waals surface area (Å²) in [4.78, 5) is 10.5. The number of unbranched alkanes of at least 4 members (excludes halogenated alkanes) is 1. The molecule has 1 atom stereocenters. The topological polar surface area (TPSA) is 35.5 Å². The van der Waals surface area contributed by atoms with Gasteiger partial charge in [0.15, 0.2) is 6.29 Å². The Morgan fingerprint density at radius 3 is 2.50 bits per heavy atom. The lowest BCUT2D eigenvalue weighted by molar-refractivity contribution is -0.119. The molecule has 1 heterocycles. The van der Waals surface area contributed by atoms with Crippen molar-refractivity contribution in [2.75, 3.05) is 13.2 Å². The summed E-state index contributed by atoms with van der Waals surface area (Å²) in [5.41, 5.74) is -0.132. The van der Waals surface area contributed by atoms with Gasteiger partial charge in [0.1, 0.15) is 6.29 Å². The molecule has 3 heteroatoms. The van der Waals surface area contributed by atoms with E-state index in [0.717, 1.165) is 32.0 Å². The standard InChI is InChI=1S/C13H22O3/c1-3-5-7-13(4-2,8-6-9-14)12-15-10-11-16-12/h6,8-9,12H,3-5,7,10-11H2,1-2H3/b8-6+/t13-/m0/s1. The maximum Gasteiger partial charge on any atom is 0.166 e. The fraction of sp³-hybridized carbons (Fsp3) is 0.769. The molecule has 0 aromatic heterocycles. The van der Waals surface area contributed by atoms with E-state index in [1.54, 1.807) is 6.08 Å². The van der Waals surface area contributed by atoms with Gasteiger partial charge in [0.05, 0.1) is 13.2 Å². The Kier molecular flexibility index (Phi) is 5.71. The highest BCUT2D eigenvalue weighted by atomic mass is 16.7. The average Bonchev–Trinajstić information content (AvgIpc) is 2.84. The van der Waals surface area contributed by atoms with E-state index in [1.165, 1.54) is 0 Å². The lowest BCUT2D eigenvalue weighted by Crippen LogP contribution is -2.34. The second kappa shape index (κ2) is 6.81. The van der Waals surface area contributed by atoms with Gasteiger partial charge in [-0.15, -0.1) is 0 Å². The van der Waals surface area contributed by atoms with Gasteiger partial charge in [-0.25, -0.2) is 0 Å². The molecular weight excluding hydrogens is 204 g/mol. The highest BCUT2D eigenvalue weighted by molar-refractivity contribution is 5.64. The first-order valence-electron chi connectivity index (χ1n) is 6.15. The fourth-order valence-electron chi connectivity index (χ4n) is 2.17. The summed E-state index contributed by atoms with van der Waals surface area (Å²) in [7, 11) is 0. The summed E-state index contributed by atoms with van der Waals surface area (Å²) < 4.78 is 11.2. The van der Waals surface area contributed by atoms with Crippen LogP contribution in [0.1, 0.15) is 39.5 Å². The molecule has 0 bridgehead atoms. The van der Waals surface area contributed by atoms with Crippen LogP contribution in [0, 0.1) is 5.41 Å². The van der Waals surface area contributed by atoms with Gasteiger partial charge in [-0.1, -0.05) is 32.8 Å². The van der Waals surface area contributed by atoms with Crippen molar-refractivity contribution in [3.63, 3.8) is 0 Å². The first-order chi connectivity index (χ1) is 7.79. The minimum absolute atomic E-state index is 0.132. The van der Waals surface area contributed by atoms with Gasteiger partial charge >= 0.3 is 0 Å². The first kappa shape index (κ1) is 13.4. The van der Waals surface area contributed by atoms with Crippen LogP contribution in [0.2, 0.25) is 0 Å². The van der Waals surface area contributed by atoms with Crippen molar-refractivity contribution in [2.24, 2.45) is 5.41 Å². The van der Waals surface area contributed by atoms with Gasteiger partial charge in [0, 0.05) is 5.41 Å². The highest BCUT2D eigenvalue weighted by Gasteiger charge is 2.38. The van der Waals surface area contributed by atoms with Crippen LogP contribution in [-0.2, 0) is 14.3 Å². The molecule has 0 amide bonds. The minimum atomic E-state index is -0.180. The number of carbonyl (C=O) groups is 1. The number of rotatable bonds is 7. The van der Waals surface area contributed by atoms with Crippen molar-refractivity contribution < 1.29 is 14.3 Å². The smallest absolute Gasteiger partial charge is 0.166 e. The molecule has 1 fully saturated rings. The van der Waals surface area contributed by atoms with Crippen molar-refractivity contribution in [3.05, 3.63) is 12.2 Å². The SMILES string of the molecule is CCCC[C@](/C=C/C=O)(CC)C1OCCO1. The summed E-state index contributed by atoms with van der Waals surface area (Å²) in [6.07, 6.45) is 8.39. The molecule has 0 aromatic carbocycles. The Balaban J connectivity index is 2.77. The monoisotopic (exact) mass is 226 g/mol. The Labute approximate surface area is 97.8 Å². The zero-order chi connectivity index (χ0) is 11.9. The molecule has 0 spiro atoms. The molecule has 1 aliphatic heterocycles. The normalized spacial score (nSPS) is 21.4. The molecule has 92 valence electrons. The van der Waals surface area contributed by atoms with E-state index in [1.807, 2.05) is 6.08 Å². The summed E-state index contributed by atoms with van der Waals surface area (Å²) in [5.74, 6) is 0. The Morgan fingerprint density at radius 1 is 1.31 bits per heavy atom. The maximum atomic E-state index is 10.5. The van der Waals surface area contributed by atoms with E-state index in [2.05, 4.69) is 13.8 Å². The van der Waals surface area contributed by atoms with Crippen LogP contribution >= 0.6 is 0 Å². The van der Waals surface area contributed by atoms with E-state index in [4.69, 9.17) is 9.47 Å². The Bertz CT molecular complexity index is 231. The predicted octanol–water partition coefficient (Wildman–Crippen LogP) is 2.70. The number of allylic oxidation sites excluding steroid dienone is 1. The van der Waals surface area contributed by atoms with Crippen LogP contribution in [0.15, 0.2) is 12.2 Å². The number of hydrogen-bond donors (Lipinski definition) is 0. The van der Waals surface area contributed by atoms with Gasteiger partial charge in [-0.2, -0.15) is 0 Å². The molecule has 16 heavy (non-hydrogen) atoms. The average molecular weight is 226 g/mol. The van der Waals surface area contributed by atoms with E-state index in [9.17, 15) is 4.79 Å². The van der Waals surface area contributed by atoms with Crippen LogP contribution in [0.5, 0.6) is 0 Å². The molecule has 1 saturated heterocycles. The highest BCUT2D eigenvalue weighted by Crippen LogP contribution is 2.38. The molecule has 1 aliphatic rings. The van der Waals surface area contributed by atoms with E-state index in [0.29, 0.717) is 13.2 Å². The third kappa shape index (κ3) is 3.16. The van der Waals surface area contributed by atoms with E-state index >= 15 is 0 Å². The summed E-state index contributed by atoms with van der Waals surface area (Å²) in [6, 6.07) is 0. The third-order valence-electron chi connectivity index (χ3n) is 3.25. The van der Waals surface area contributed by atoms with Crippen LogP contribution in [0.25, 0.3) is 0 Å². The molecule has 0 aromatic rings. The Morgan fingerprint density at radius 2 is 2.00 bits per heavy atom. The zero-order valence-corrected chi connectivity index (χ0v) is 10.3. The summed E-state index contributed by atoms with van der Waals surface area (Å²) in [6.45, 7) is 5.61. The van der Waals surface area contributed by atoms with Crippen molar-refractivity contribution >= 4 is 6.29 Å². The van der Waals surface area contributed by atoms with Gasteiger partial charge < -0.3 is 9.47 Å². The van der Waals surface area contributed by atoms with Crippen molar-refractivity contribution in [1.82, 2.24) is 0 Å². The fourth-order valence-corrected chi connectivity index (χ4v) is 2.17. The predicted molar refractivity (Wildman–Crippen MR) is 63.1 cm³/mol. The minimum Gasteiger partial charge on any atom is -0.349 e. The lowest BCUT2D eigenvalue weighted by atomic mass is 9.79. The summed E-state index contributed by atoms with van der Waals surface area (Å²) in [5, 5.41) is 0. The van der Waals surface area contributed by atoms with Gasteiger partial charge in [0.2, 0.25) is 0 Å². The number of ether oxygens (including phenoxy) is 2. The summed E-state index contributed by atoms with van der Waals surface area (Å²) >= 11 is 0. The maximum absolute atomic E-state index is 10.5. The second-order valence-corrected chi connectivity index (χ2v) is 4.26. The lowest BCUT2D eigenvalue weighted by Gasteiger charge is -2.34. The van der Waals surface area contributed by atoms with E-state index in [-0.39, 0.29) is 11.7 Å². The van der Waals surface area contributed by atoms with Crippen LogP contribution in [-0.4, -0.2) is 25.8 Å². The van der Waals surface area contributed by atoms with Crippen LogP contribution < -0.4 is 0 Å². The van der Waals surface area contributed by atoms with Crippen molar-refractivity contribution in [2.45, 2.75) is 45.8 Å². The molecule has 1 rings (SSSR count). The third-order valence-corrected chi connectivity index (χ3v) is 3.25. The molecule has 0 N–H and O–H groups in total. The van der Waals surface area contributed by atoms with Gasteiger partial charge in [-0.3, -0.25) is 4.79 Å². The van der Waals surface area contributed by atoms with Crippen LogP contribution in [0.3, 0.4) is 0 Å². The zero-order valence-electron chi connectivity index (χ0n) is 10.3. The van der Waals surface area contributed by atoms with Gasteiger partial charge in [-0.05, 0) is 18.9 Å². The van der Waals surface area contributed by atoms with Crippen molar-refractivity contribution in [1.29, 1.82) is 0 Å².